The molecule has 166 valence electrons. The molecule has 2 amide bonds. The molecule has 3 rings (SSSR count). The van der Waals surface area contributed by atoms with Crippen molar-refractivity contribution < 1.29 is 35.9 Å². The molecule has 11 heteroatoms. The number of nitrogens with one attached hydrogen (secondary N) is 1. The molecule has 1 aromatic heterocycles. The highest BCUT2D eigenvalue weighted by molar-refractivity contribution is 5.89. The summed E-state index contributed by atoms with van der Waals surface area (Å²) in [5.41, 5.74) is -2.42. The standard InChI is InChI=1S/C20H17F6N3O2/c21-19(22,23)15-5-13(6-16(8-15)20(24,25)26)10-29-11-14(7-17(29)30)18(31)28-9-12-1-3-27-4-2-12/h1-6,8,14H,7,9-11H2,(H,28,31)/t14-/m1/s1. The molecule has 1 saturated heterocycles. The molecule has 1 aliphatic rings. The van der Waals surface area contributed by atoms with Crippen LogP contribution in [0.25, 0.3) is 0 Å². The molecule has 0 saturated carbocycles. The van der Waals surface area contributed by atoms with Gasteiger partial charge in [-0.2, -0.15) is 26.3 Å². The van der Waals surface area contributed by atoms with Crippen molar-refractivity contribution in [1.82, 2.24) is 15.2 Å². The Kier molecular flexibility index (Phi) is 6.23. The Labute approximate surface area is 173 Å². The Hall–Kier alpha value is -3.11. The van der Waals surface area contributed by atoms with Gasteiger partial charge in [0.2, 0.25) is 11.8 Å². The van der Waals surface area contributed by atoms with Crippen LogP contribution in [0, 0.1) is 5.92 Å². The number of hydrogen-bond donors (Lipinski definition) is 1. The van der Waals surface area contributed by atoms with Gasteiger partial charge in [0.05, 0.1) is 17.0 Å². The summed E-state index contributed by atoms with van der Waals surface area (Å²) in [6.45, 7) is -0.354. The smallest absolute Gasteiger partial charge is 0.352 e. The first-order valence-corrected chi connectivity index (χ1v) is 9.16. The van der Waals surface area contributed by atoms with Crippen LogP contribution in [-0.4, -0.2) is 28.2 Å². The van der Waals surface area contributed by atoms with Crippen molar-refractivity contribution in [2.75, 3.05) is 6.54 Å². The Balaban J connectivity index is 1.70. The predicted molar refractivity (Wildman–Crippen MR) is 96.1 cm³/mol. The van der Waals surface area contributed by atoms with Gasteiger partial charge in [-0.1, -0.05) is 0 Å². The lowest BCUT2D eigenvalue weighted by Gasteiger charge is -2.19. The molecule has 1 fully saturated rings. The minimum absolute atomic E-state index is 0.0324. The van der Waals surface area contributed by atoms with Gasteiger partial charge < -0.3 is 10.2 Å². The monoisotopic (exact) mass is 445 g/mol. The highest BCUT2D eigenvalue weighted by atomic mass is 19.4. The van der Waals surface area contributed by atoms with Crippen LogP contribution in [0.2, 0.25) is 0 Å². The number of carbonyl (C=O) groups excluding carboxylic acids is 2. The summed E-state index contributed by atoms with van der Waals surface area (Å²) >= 11 is 0. The van der Waals surface area contributed by atoms with Gasteiger partial charge >= 0.3 is 12.4 Å². The second kappa shape index (κ2) is 8.56. The van der Waals surface area contributed by atoms with Crippen molar-refractivity contribution in [2.24, 2.45) is 5.92 Å². The summed E-state index contributed by atoms with van der Waals surface area (Å²) in [6, 6.07) is 4.58. The van der Waals surface area contributed by atoms with Crippen molar-refractivity contribution in [2.45, 2.75) is 31.9 Å². The second-order valence-electron chi connectivity index (χ2n) is 7.16. The van der Waals surface area contributed by atoms with E-state index < -0.39 is 47.8 Å². The Bertz CT molecular complexity index is 927. The molecule has 1 N–H and O–H groups in total. The van der Waals surface area contributed by atoms with Crippen LogP contribution in [-0.2, 0) is 35.0 Å². The minimum atomic E-state index is -4.97. The fraction of sp³-hybridized carbons (Fsp3) is 0.350. The number of nitrogens with zero attached hydrogens (tertiary/aromatic N) is 2. The number of likely N-dealkylation sites (tertiary alicyclic amines) is 1. The van der Waals surface area contributed by atoms with Crippen LogP contribution in [0.4, 0.5) is 26.3 Å². The van der Waals surface area contributed by atoms with E-state index in [4.69, 9.17) is 0 Å². The van der Waals surface area contributed by atoms with Crippen LogP contribution in [0.15, 0.2) is 42.7 Å². The van der Waals surface area contributed by atoms with Crippen LogP contribution in [0.5, 0.6) is 0 Å². The molecule has 1 aliphatic heterocycles. The molecule has 0 bridgehead atoms. The van der Waals surface area contributed by atoms with E-state index in [0.717, 1.165) is 10.5 Å². The molecule has 2 heterocycles. The van der Waals surface area contributed by atoms with Gasteiger partial charge in [-0.25, -0.2) is 0 Å². The minimum Gasteiger partial charge on any atom is -0.352 e. The van der Waals surface area contributed by atoms with E-state index in [1.165, 1.54) is 0 Å². The second-order valence-corrected chi connectivity index (χ2v) is 7.16. The fourth-order valence-corrected chi connectivity index (χ4v) is 3.27. The number of rotatable bonds is 5. The van der Waals surface area contributed by atoms with Gasteiger partial charge in [-0.3, -0.25) is 14.6 Å². The van der Waals surface area contributed by atoms with E-state index in [-0.39, 0.29) is 31.1 Å². The number of hydrogen-bond acceptors (Lipinski definition) is 3. The average molecular weight is 445 g/mol. The van der Waals surface area contributed by atoms with Crippen LogP contribution in [0.3, 0.4) is 0 Å². The first-order valence-electron chi connectivity index (χ1n) is 9.16. The lowest BCUT2D eigenvalue weighted by Crippen LogP contribution is -2.32. The molecular weight excluding hydrogens is 428 g/mol. The van der Waals surface area contributed by atoms with Gasteiger partial charge in [0, 0.05) is 38.4 Å². The zero-order valence-electron chi connectivity index (χ0n) is 15.9. The van der Waals surface area contributed by atoms with Gasteiger partial charge in [0.1, 0.15) is 0 Å². The summed E-state index contributed by atoms with van der Waals surface area (Å²) in [7, 11) is 0. The Morgan fingerprint density at radius 3 is 2.13 bits per heavy atom. The summed E-state index contributed by atoms with van der Waals surface area (Å²) in [5.74, 6) is -1.69. The van der Waals surface area contributed by atoms with Crippen LogP contribution in [0.1, 0.15) is 28.7 Å². The highest BCUT2D eigenvalue weighted by Gasteiger charge is 2.38. The van der Waals surface area contributed by atoms with Crippen molar-refractivity contribution >= 4 is 11.8 Å². The largest absolute Gasteiger partial charge is 0.416 e. The third-order valence-corrected chi connectivity index (χ3v) is 4.82. The van der Waals surface area contributed by atoms with Crippen molar-refractivity contribution in [1.29, 1.82) is 0 Å². The number of aromatic nitrogens is 1. The molecule has 2 aromatic rings. The SMILES string of the molecule is O=C(NCc1ccncc1)[C@@H]1CC(=O)N(Cc2cc(C(F)(F)F)cc(C(F)(F)F)c2)C1. The number of alkyl halides is 6. The summed E-state index contributed by atoms with van der Waals surface area (Å²) in [5, 5.41) is 2.66. The average Bonchev–Trinajstić information content (AvgIpc) is 3.06. The van der Waals surface area contributed by atoms with E-state index in [1.807, 2.05) is 0 Å². The maximum absolute atomic E-state index is 13.0. The Morgan fingerprint density at radius 1 is 1.00 bits per heavy atom. The number of halogens is 6. The van der Waals surface area contributed by atoms with E-state index in [9.17, 15) is 35.9 Å². The predicted octanol–water partition coefficient (Wildman–Crippen LogP) is 3.78. The zero-order chi connectivity index (χ0) is 22.8. The van der Waals surface area contributed by atoms with Crippen molar-refractivity contribution in [3.8, 4) is 0 Å². The number of benzene rings is 1. The first kappa shape index (κ1) is 22.6. The molecule has 0 aliphatic carbocycles. The summed E-state index contributed by atoms with van der Waals surface area (Å²) < 4.78 is 78.1. The molecule has 5 nitrogen and oxygen atoms in total. The summed E-state index contributed by atoms with van der Waals surface area (Å²) in [6.07, 6.45) is -7.02. The van der Waals surface area contributed by atoms with Gasteiger partial charge in [0.15, 0.2) is 0 Å². The van der Waals surface area contributed by atoms with Gasteiger partial charge in [-0.05, 0) is 41.5 Å². The molecule has 0 spiro atoms. The van der Waals surface area contributed by atoms with E-state index >= 15 is 0 Å². The van der Waals surface area contributed by atoms with Crippen LogP contribution < -0.4 is 5.32 Å². The third-order valence-electron chi connectivity index (χ3n) is 4.82. The zero-order valence-corrected chi connectivity index (χ0v) is 15.9. The summed E-state index contributed by atoms with van der Waals surface area (Å²) in [4.78, 5) is 29.5. The van der Waals surface area contributed by atoms with Crippen molar-refractivity contribution in [3.63, 3.8) is 0 Å². The molecule has 31 heavy (non-hydrogen) atoms. The number of carbonyl (C=O) groups is 2. The maximum Gasteiger partial charge on any atom is 0.416 e. The topological polar surface area (TPSA) is 62.3 Å². The van der Waals surface area contributed by atoms with E-state index in [1.54, 1.807) is 24.5 Å². The third kappa shape index (κ3) is 5.74. The Morgan fingerprint density at radius 2 is 1.58 bits per heavy atom. The molecule has 0 unspecified atom stereocenters. The first-order chi connectivity index (χ1) is 14.4. The highest BCUT2D eigenvalue weighted by Crippen LogP contribution is 2.36. The normalized spacial score (nSPS) is 17.2. The lowest BCUT2D eigenvalue weighted by molar-refractivity contribution is -0.143. The fourth-order valence-electron chi connectivity index (χ4n) is 3.27. The van der Waals surface area contributed by atoms with Crippen molar-refractivity contribution in [3.05, 3.63) is 65.0 Å². The lowest BCUT2D eigenvalue weighted by atomic mass is 10.0. The van der Waals surface area contributed by atoms with Gasteiger partial charge in [-0.15, -0.1) is 0 Å². The number of pyridine rings is 1. The molecular formula is C20H17F6N3O2. The van der Waals surface area contributed by atoms with E-state index in [0.29, 0.717) is 12.1 Å². The molecule has 1 atom stereocenters. The quantitative estimate of drug-likeness (QED) is 0.713. The number of amides is 2. The maximum atomic E-state index is 13.0. The van der Waals surface area contributed by atoms with E-state index in [2.05, 4.69) is 10.3 Å². The van der Waals surface area contributed by atoms with Crippen LogP contribution >= 0.6 is 0 Å². The molecule has 0 radical (unpaired) electrons. The van der Waals surface area contributed by atoms with Gasteiger partial charge in [0.25, 0.3) is 0 Å². The molecule has 1 aromatic carbocycles.